The van der Waals surface area contributed by atoms with Crippen molar-refractivity contribution >= 4 is 22.8 Å². The summed E-state index contributed by atoms with van der Waals surface area (Å²) in [6.07, 6.45) is 3.65. The van der Waals surface area contributed by atoms with Gasteiger partial charge in [0.2, 0.25) is 0 Å². The molecule has 0 fully saturated rings. The fraction of sp³-hybridized carbons (Fsp3) is 0.400. The molecule has 110 valence electrons. The molecule has 5 nitrogen and oxygen atoms in total. The van der Waals surface area contributed by atoms with Crippen molar-refractivity contribution in [1.82, 2.24) is 24.3 Å². The van der Waals surface area contributed by atoms with E-state index in [9.17, 15) is 0 Å². The van der Waals surface area contributed by atoms with Crippen molar-refractivity contribution in [3.05, 3.63) is 41.6 Å². The summed E-state index contributed by atoms with van der Waals surface area (Å²) in [4.78, 5) is 8.92. The molecule has 2 unspecified atom stereocenters. The molecule has 3 rings (SSSR count). The van der Waals surface area contributed by atoms with Crippen LogP contribution in [-0.2, 0) is 7.05 Å². The third kappa shape index (κ3) is 2.21. The lowest BCUT2D eigenvalue weighted by Gasteiger charge is -2.18. The maximum atomic E-state index is 6.34. The average Bonchev–Trinajstić information content (AvgIpc) is 2.99. The minimum atomic E-state index is -0.170. The lowest BCUT2D eigenvalue weighted by molar-refractivity contribution is 0.593. The molecule has 0 bridgehead atoms. The molecule has 3 aromatic heterocycles. The van der Waals surface area contributed by atoms with E-state index in [2.05, 4.69) is 27.6 Å². The van der Waals surface area contributed by atoms with E-state index in [1.807, 2.05) is 37.8 Å². The largest absolute Gasteiger partial charge is 0.304 e. The second-order valence-electron chi connectivity index (χ2n) is 5.30. The number of alkyl halides is 1. The minimum Gasteiger partial charge on any atom is -0.304 e. The molecule has 0 aromatic carbocycles. The van der Waals surface area contributed by atoms with Gasteiger partial charge in [-0.05, 0) is 32.4 Å². The number of hydrogen-bond donors (Lipinski definition) is 0. The quantitative estimate of drug-likeness (QED) is 0.697. The summed E-state index contributed by atoms with van der Waals surface area (Å²) in [5.41, 5.74) is 3.94. The monoisotopic (exact) mass is 303 g/mol. The first kappa shape index (κ1) is 14.1. The molecule has 0 N–H and O–H groups in total. The van der Waals surface area contributed by atoms with E-state index in [1.165, 1.54) is 0 Å². The summed E-state index contributed by atoms with van der Waals surface area (Å²) in [6, 6.07) is 4.10. The Morgan fingerprint density at radius 2 is 2.05 bits per heavy atom. The van der Waals surface area contributed by atoms with Crippen LogP contribution < -0.4 is 0 Å². The van der Waals surface area contributed by atoms with Gasteiger partial charge in [-0.3, -0.25) is 9.67 Å². The van der Waals surface area contributed by atoms with Gasteiger partial charge in [-0.15, -0.1) is 11.6 Å². The number of rotatable bonds is 3. The highest BCUT2D eigenvalue weighted by molar-refractivity contribution is 6.20. The molecule has 0 aliphatic heterocycles. The van der Waals surface area contributed by atoms with Gasteiger partial charge in [-0.25, -0.2) is 4.98 Å². The standard InChI is InChI=1S/C15H18ClN5/c1-9(16)14-18-13-10(2)19-20(4)15(13)21(14)11(3)12-6-5-7-17-8-12/h5-9,11H,1-4H3. The summed E-state index contributed by atoms with van der Waals surface area (Å²) < 4.78 is 4.03. The van der Waals surface area contributed by atoms with Crippen molar-refractivity contribution < 1.29 is 0 Å². The number of hydrogen-bond acceptors (Lipinski definition) is 3. The summed E-state index contributed by atoms with van der Waals surface area (Å²) in [5.74, 6) is 0.860. The number of fused-ring (bicyclic) bond motifs is 1. The molecule has 0 amide bonds. The van der Waals surface area contributed by atoms with E-state index in [0.717, 1.165) is 28.2 Å². The highest BCUT2D eigenvalue weighted by Crippen LogP contribution is 2.31. The Morgan fingerprint density at radius 3 is 2.67 bits per heavy atom. The van der Waals surface area contributed by atoms with Crippen molar-refractivity contribution in [2.75, 3.05) is 0 Å². The number of nitrogens with zero attached hydrogens (tertiary/aromatic N) is 5. The van der Waals surface area contributed by atoms with E-state index < -0.39 is 0 Å². The van der Waals surface area contributed by atoms with Gasteiger partial charge >= 0.3 is 0 Å². The zero-order valence-electron chi connectivity index (χ0n) is 12.6. The van der Waals surface area contributed by atoms with E-state index in [4.69, 9.17) is 16.6 Å². The van der Waals surface area contributed by atoms with Gasteiger partial charge in [0.1, 0.15) is 11.3 Å². The number of halogens is 1. The molecule has 0 aliphatic carbocycles. The van der Waals surface area contributed by atoms with Gasteiger partial charge in [0.15, 0.2) is 5.65 Å². The second kappa shape index (κ2) is 5.15. The highest BCUT2D eigenvalue weighted by atomic mass is 35.5. The first-order valence-corrected chi connectivity index (χ1v) is 7.39. The van der Waals surface area contributed by atoms with Crippen LogP contribution in [0.1, 0.15) is 42.3 Å². The first-order chi connectivity index (χ1) is 10.0. The van der Waals surface area contributed by atoms with Crippen molar-refractivity contribution in [1.29, 1.82) is 0 Å². The number of pyridine rings is 1. The van der Waals surface area contributed by atoms with Gasteiger partial charge in [0, 0.05) is 19.4 Å². The molecule has 3 heterocycles. The third-order valence-electron chi connectivity index (χ3n) is 3.77. The topological polar surface area (TPSA) is 48.5 Å². The molecular weight excluding hydrogens is 286 g/mol. The summed E-state index contributed by atoms with van der Waals surface area (Å²) in [6.45, 7) is 6.04. The molecule has 0 saturated carbocycles. The molecular formula is C15H18ClN5. The van der Waals surface area contributed by atoms with Gasteiger partial charge in [0.05, 0.1) is 17.1 Å². The van der Waals surface area contributed by atoms with Crippen LogP contribution in [0.15, 0.2) is 24.5 Å². The zero-order valence-corrected chi connectivity index (χ0v) is 13.3. The Kier molecular flexibility index (Phi) is 3.45. The molecule has 21 heavy (non-hydrogen) atoms. The van der Waals surface area contributed by atoms with E-state index >= 15 is 0 Å². The Morgan fingerprint density at radius 1 is 1.29 bits per heavy atom. The van der Waals surface area contributed by atoms with Crippen molar-refractivity contribution in [2.24, 2.45) is 7.05 Å². The SMILES string of the molecule is Cc1nn(C)c2c1nc(C(C)Cl)n2C(C)c1cccnc1. The maximum Gasteiger partial charge on any atom is 0.159 e. The van der Waals surface area contributed by atoms with Crippen LogP contribution in [0.2, 0.25) is 0 Å². The molecule has 6 heteroatoms. The van der Waals surface area contributed by atoms with Gasteiger partial charge in [0.25, 0.3) is 0 Å². The number of imidazole rings is 1. The molecule has 2 atom stereocenters. The number of aromatic nitrogens is 5. The van der Waals surface area contributed by atoms with Crippen LogP contribution >= 0.6 is 11.6 Å². The van der Waals surface area contributed by atoms with Crippen LogP contribution in [0.5, 0.6) is 0 Å². The molecule has 0 saturated heterocycles. The number of aryl methyl sites for hydroxylation is 2. The van der Waals surface area contributed by atoms with E-state index in [-0.39, 0.29) is 11.4 Å². The van der Waals surface area contributed by atoms with E-state index in [0.29, 0.717) is 0 Å². The van der Waals surface area contributed by atoms with Gasteiger partial charge in [-0.2, -0.15) is 5.10 Å². The van der Waals surface area contributed by atoms with Crippen LogP contribution in [0.3, 0.4) is 0 Å². The Hall–Kier alpha value is -1.88. The molecule has 0 aliphatic rings. The normalized spacial score (nSPS) is 14.5. The molecule has 0 spiro atoms. The van der Waals surface area contributed by atoms with E-state index in [1.54, 1.807) is 6.20 Å². The van der Waals surface area contributed by atoms with Crippen molar-refractivity contribution in [2.45, 2.75) is 32.2 Å². The van der Waals surface area contributed by atoms with Crippen molar-refractivity contribution in [3.63, 3.8) is 0 Å². The Bertz CT molecular complexity index is 772. The van der Waals surface area contributed by atoms with Gasteiger partial charge in [-0.1, -0.05) is 6.07 Å². The van der Waals surface area contributed by atoms with Crippen molar-refractivity contribution in [3.8, 4) is 0 Å². The second-order valence-corrected chi connectivity index (χ2v) is 5.95. The molecule has 0 radical (unpaired) electrons. The minimum absolute atomic E-state index is 0.0923. The summed E-state index contributed by atoms with van der Waals surface area (Å²) in [5, 5.41) is 4.29. The predicted molar refractivity (Wildman–Crippen MR) is 83.6 cm³/mol. The fourth-order valence-electron chi connectivity index (χ4n) is 2.75. The smallest absolute Gasteiger partial charge is 0.159 e. The van der Waals surface area contributed by atoms with Crippen LogP contribution in [0.25, 0.3) is 11.2 Å². The zero-order chi connectivity index (χ0) is 15.1. The van der Waals surface area contributed by atoms with Gasteiger partial charge < -0.3 is 4.57 Å². The van der Waals surface area contributed by atoms with Crippen LogP contribution in [-0.4, -0.2) is 24.3 Å². The lowest BCUT2D eigenvalue weighted by Crippen LogP contribution is -2.13. The van der Waals surface area contributed by atoms with Crippen LogP contribution in [0.4, 0.5) is 0 Å². The average molecular weight is 304 g/mol. The fourth-order valence-corrected chi connectivity index (χ4v) is 2.90. The summed E-state index contributed by atoms with van der Waals surface area (Å²) in [7, 11) is 1.94. The predicted octanol–water partition coefficient (Wildman–Crippen LogP) is 3.38. The Balaban J connectivity index is 2.27. The molecule has 3 aromatic rings. The highest BCUT2D eigenvalue weighted by Gasteiger charge is 2.24. The van der Waals surface area contributed by atoms with Crippen LogP contribution in [0, 0.1) is 6.92 Å². The third-order valence-corrected chi connectivity index (χ3v) is 3.97. The Labute approximate surface area is 128 Å². The lowest BCUT2D eigenvalue weighted by atomic mass is 10.1. The first-order valence-electron chi connectivity index (χ1n) is 6.96. The maximum absolute atomic E-state index is 6.34. The summed E-state index contributed by atoms with van der Waals surface area (Å²) >= 11 is 6.34.